The summed E-state index contributed by atoms with van der Waals surface area (Å²) in [6.07, 6.45) is 2.02. The molecule has 0 bridgehead atoms. The molecule has 28 heavy (non-hydrogen) atoms. The highest BCUT2D eigenvalue weighted by molar-refractivity contribution is 6.29. The number of benzene rings is 1. The number of nitrogens with zero attached hydrogens (tertiary/aromatic N) is 3. The van der Waals surface area contributed by atoms with Gasteiger partial charge in [-0.2, -0.15) is 4.98 Å². The summed E-state index contributed by atoms with van der Waals surface area (Å²) in [6.45, 7) is 3.67. The van der Waals surface area contributed by atoms with Gasteiger partial charge in [0.2, 0.25) is 5.95 Å². The maximum atomic E-state index is 13.3. The van der Waals surface area contributed by atoms with Gasteiger partial charge in [-0.15, -0.1) is 0 Å². The van der Waals surface area contributed by atoms with Gasteiger partial charge in [0, 0.05) is 19.2 Å². The van der Waals surface area contributed by atoms with Gasteiger partial charge in [-0.3, -0.25) is 4.79 Å². The topological polar surface area (TPSA) is 81.3 Å². The van der Waals surface area contributed by atoms with Crippen molar-refractivity contribution in [3.8, 4) is 0 Å². The summed E-state index contributed by atoms with van der Waals surface area (Å²) in [4.78, 5) is 22.4. The first-order chi connectivity index (χ1) is 13.5. The van der Waals surface area contributed by atoms with Crippen LogP contribution in [0.15, 0.2) is 30.3 Å². The Morgan fingerprint density at radius 2 is 2.00 bits per heavy atom. The van der Waals surface area contributed by atoms with Gasteiger partial charge in [0.25, 0.3) is 0 Å². The first-order valence-electron chi connectivity index (χ1n) is 9.42. The fourth-order valence-electron chi connectivity index (χ4n) is 3.78. The van der Waals surface area contributed by atoms with Crippen LogP contribution in [0, 0.1) is 11.7 Å². The maximum Gasteiger partial charge on any atom is 0.306 e. The number of ether oxygens (including phenoxy) is 1. The number of nitrogens with two attached hydrogens (primary N) is 1. The van der Waals surface area contributed by atoms with Crippen molar-refractivity contribution in [2.45, 2.75) is 32.1 Å². The molecule has 1 aromatic carbocycles. The molecule has 0 amide bonds. The van der Waals surface area contributed by atoms with Crippen molar-refractivity contribution in [3.63, 3.8) is 0 Å². The lowest BCUT2D eigenvalue weighted by Crippen LogP contribution is -2.36. The van der Waals surface area contributed by atoms with Gasteiger partial charge in [-0.05, 0) is 49.3 Å². The van der Waals surface area contributed by atoms with Crippen LogP contribution >= 0.6 is 11.6 Å². The highest BCUT2D eigenvalue weighted by atomic mass is 35.5. The zero-order valence-corrected chi connectivity index (χ0v) is 16.5. The molecular formula is C20H24ClFN4O2. The summed E-state index contributed by atoms with van der Waals surface area (Å²) in [7, 11) is 0. The number of nitrogen functional groups attached to an aromatic ring is 1. The third kappa shape index (κ3) is 5.10. The van der Waals surface area contributed by atoms with E-state index in [0.29, 0.717) is 17.6 Å². The molecule has 1 saturated heterocycles. The van der Waals surface area contributed by atoms with Crippen molar-refractivity contribution in [1.82, 2.24) is 9.97 Å². The second-order valence-corrected chi connectivity index (χ2v) is 7.29. The predicted octanol–water partition coefficient (Wildman–Crippen LogP) is 3.80. The highest BCUT2D eigenvalue weighted by Crippen LogP contribution is 2.36. The second-order valence-electron chi connectivity index (χ2n) is 6.90. The van der Waals surface area contributed by atoms with Crippen molar-refractivity contribution in [2.75, 3.05) is 30.3 Å². The Morgan fingerprint density at radius 3 is 2.61 bits per heavy atom. The molecule has 0 spiro atoms. The summed E-state index contributed by atoms with van der Waals surface area (Å²) in [5, 5.41) is 0.316. The Labute approximate surface area is 168 Å². The predicted molar refractivity (Wildman–Crippen MR) is 107 cm³/mol. The van der Waals surface area contributed by atoms with Gasteiger partial charge in [-0.25, -0.2) is 9.37 Å². The summed E-state index contributed by atoms with van der Waals surface area (Å²) < 4.78 is 18.5. The number of halogens is 2. The van der Waals surface area contributed by atoms with Gasteiger partial charge in [0.1, 0.15) is 16.8 Å². The van der Waals surface area contributed by atoms with Crippen LogP contribution in [0.3, 0.4) is 0 Å². The highest BCUT2D eigenvalue weighted by Gasteiger charge is 2.30. The van der Waals surface area contributed by atoms with Crippen molar-refractivity contribution >= 4 is 29.3 Å². The van der Waals surface area contributed by atoms with Crippen LogP contribution in [0.5, 0.6) is 0 Å². The number of anilines is 2. The molecule has 1 aliphatic heterocycles. The summed E-state index contributed by atoms with van der Waals surface area (Å²) >= 11 is 5.99. The van der Waals surface area contributed by atoms with E-state index in [9.17, 15) is 9.18 Å². The van der Waals surface area contributed by atoms with E-state index in [1.807, 2.05) is 0 Å². The van der Waals surface area contributed by atoms with Gasteiger partial charge < -0.3 is 15.4 Å². The Morgan fingerprint density at radius 1 is 1.32 bits per heavy atom. The molecule has 1 atom stereocenters. The zero-order valence-electron chi connectivity index (χ0n) is 15.8. The SMILES string of the molecule is CCOC(=O)C[C@@H](c1ccc(F)cc1)C1CCN(c2cc(Cl)nc(N)n2)CC1. The van der Waals surface area contributed by atoms with Crippen LogP contribution in [0.4, 0.5) is 16.2 Å². The van der Waals surface area contributed by atoms with E-state index in [1.54, 1.807) is 25.1 Å². The third-order valence-corrected chi connectivity index (χ3v) is 5.31. The van der Waals surface area contributed by atoms with Gasteiger partial charge >= 0.3 is 5.97 Å². The van der Waals surface area contributed by atoms with Crippen LogP contribution in [-0.2, 0) is 9.53 Å². The molecule has 1 fully saturated rings. The van der Waals surface area contributed by atoms with Gasteiger partial charge in [-0.1, -0.05) is 23.7 Å². The third-order valence-electron chi connectivity index (χ3n) is 5.12. The lowest BCUT2D eigenvalue weighted by Gasteiger charge is -2.36. The Bertz CT molecular complexity index is 790. The summed E-state index contributed by atoms with van der Waals surface area (Å²) in [5.74, 6) is 0.610. The van der Waals surface area contributed by atoms with Crippen molar-refractivity contribution < 1.29 is 13.9 Å². The largest absolute Gasteiger partial charge is 0.466 e. The van der Waals surface area contributed by atoms with E-state index in [2.05, 4.69) is 14.9 Å². The molecule has 0 saturated carbocycles. The zero-order chi connectivity index (χ0) is 20.1. The Balaban J connectivity index is 1.73. The van der Waals surface area contributed by atoms with E-state index in [-0.39, 0.29) is 36.0 Å². The normalized spacial score (nSPS) is 16.0. The van der Waals surface area contributed by atoms with Crippen molar-refractivity contribution in [2.24, 2.45) is 5.92 Å². The molecule has 1 aliphatic rings. The number of hydrogen-bond acceptors (Lipinski definition) is 6. The molecule has 0 unspecified atom stereocenters. The monoisotopic (exact) mass is 406 g/mol. The fourth-order valence-corrected chi connectivity index (χ4v) is 3.97. The Kier molecular flexibility index (Phi) is 6.67. The van der Waals surface area contributed by atoms with E-state index < -0.39 is 0 Å². The molecule has 2 aromatic rings. The fraction of sp³-hybridized carbons (Fsp3) is 0.450. The smallest absolute Gasteiger partial charge is 0.306 e. The lowest BCUT2D eigenvalue weighted by molar-refractivity contribution is -0.143. The molecule has 1 aromatic heterocycles. The maximum absolute atomic E-state index is 13.3. The number of carbonyl (C=O) groups is 1. The van der Waals surface area contributed by atoms with E-state index >= 15 is 0 Å². The molecule has 0 radical (unpaired) electrons. The molecule has 3 rings (SSSR count). The summed E-state index contributed by atoms with van der Waals surface area (Å²) in [5.41, 5.74) is 6.66. The van der Waals surface area contributed by atoms with E-state index in [4.69, 9.17) is 22.1 Å². The quantitative estimate of drug-likeness (QED) is 0.580. The molecule has 2 N–H and O–H groups in total. The van der Waals surface area contributed by atoms with E-state index in [0.717, 1.165) is 31.5 Å². The van der Waals surface area contributed by atoms with Crippen LogP contribution in [0.25, 0.3) is 0 Å². The van der Waals surface area contributed by atoms with Gasteiger partial charge in [0.15, 0.2) is 0 Å². The number of esters is 1. The molecular weight excluding hydrogens is 383 g/mol. The van der Waals surface area contributed by atoms with Crippen LogP contribution in [0.2, 0.25) is 5.15 Å². The number of aromatic nitrogens is 2. The van der Waals surface area contributed by atoms with Crippen LogP contribution in [0.1, 0.15) is 37.7 Å². The minimum absolute atomic E-state index is 0.0131. The lowest BCUT2D eigenvalue weighted by atomic mass is 9.78. The number of piperidine rings is 1. The number of hydrogen-bond donors (Lipinski definition) is 1. The molecule has 8 heteroatoms. The molecule has 0 aliphatic carbocycles. The molecule has 6 nitrogen and oxygen atoms in total. The Hall–Kier alpha value is -2.41. The number of rotatable bonds is 6. The van der Waals surface area contributed by atoms with E-state index in [1.165, 1.54) is 12.1 Å². The minimum atomic E-state index is -0.285. The van der Waals surface area contributed by atoms with Crippen molar-refractivity contribution in [3.05, 3.63) is 46.9 Å². The second kappa shape index (κ2) is 9.19. The van der Waals surface area contributed by atoms with Gasteiger partial charge in [0.05, 0.1) is 13.0 Å². The average Bonchev–Trinajstić information content (AvgIpc) is 2.67. The number of carbonyl (C=O) groups excluding carboxylic acids is 1. The van der Waals surface area contributed by atoms with Crippen molar-refractivity contribution in [1.29, 1.82) is 0 Å². The first kappa shape index (κ1) is 20.3. The molecule has 150 valence electrons. The average molecular weight is 407 g/mol. The standard InChI is InChI=1S/C20H24ClFN4O2/c1-2-28-19(27)11-16(13-3-5-15(22)6-4-13)14-7-9-26(10-8-14)18-12-17(21)24-20(23)25-18/h3-6,12,14,16H,2,7-11H2,1H3,(H2,23,24,25)/t16-/m0/s1. The van der Waals surface area contributed by atoms with Crippen LogP contribution in [-0.4, -0.2) is 35.6 Å². The van der Waals surface area contributed by atoms with Crippen LogP contribution < -0.4 is 10.6 Å². The minimum Gasteiger partial charge on any atom is -0.466 e. The first-order valence-corrected chi connectivity index (χ1v) is 9.80. The molecule has 2 heterocycles. The summed E-state index contributed by atoms with van der Waals surface area (Å²) in [6, 6.07) is 8.10.